The molecule has 13 aromatic rings. The summed E-state index contributed by atoms with van der Waals surface area (Å²) >= 11 is 1.66. The largest absolute Gasteiger partial charge is 0.497 e. The summed E-state index contributed by atoms with van der Waals surface area (Å²) in [5, 5.41) is 6.31. The van der Waals surface area contributed by atoms with Crippen LogP contribution in [0.1, 0.15) is 22.3 Å². The van der Waals surface area contributed by atoms with Crippen molar-refractivity contribution in [3.63, 3.8) is 0 Å². The Kier molecular flexibility index (Phi) is 7.42. The van der Waals surface area contributed by atoms with E-state index in [2.05, 4.69) is 88.4 Å². The van der Waals surface area contributed by atoms with E-state index in [9.17, 15) is 0 Å². The van der Waals surface area contributed by atoms with Crippen molar-refractivity contribution in [3.8, 4) is 56.8 Å². The Balaban J connectivity index is 0.920. The van der Waals surface area contributed by atoms with E-state index in [1.165, 1.54) is 11.1 Å². The van der Waals surface area contributed by atoms with Crippen LogP contribution in [0.3, 0.4) is 0 Å². The van der Waals surface area contributed by atoms with Crippen molar-refractivity contribution in [1.29, 1.82) is 0 Å². The fraction of sp³-hybridized carbons (Fsp3) is 0.111. The average molecular weight is 845 g/mol. The highest BCUT2D eigenvalue weighted by molar-refractivity contribution is 7.26. The molecule has 0 aliphatic rings. The highest BCUT2D eigenvalue weighted by Crippen LogP contribution is 2.50. The van der Waals surface area contributed by atoms with Gasteiger partial charge in [0.2, 0.25) is 0 Å². The van der Waals surface area contributed by atoms with Gasteiger partial charge in [-0.2, -0.15) is 0 Å². The third-order valence-corrected chi connectivity index (χ3v) is 13.6. The Hall–Kier alpha value is -7.62. The zero-order valence-corrected chi connectivity index (χ0v) is 35.9. The maximum absolute atomic E-state index is 6.63. The lowest BCUT2D eigenvalue weighted by molar-refractivity contribution is 0.415. The lowest BCUT2D eigenvalue weighted by Crippen LogP contribution is -1.86. The van der Waals surface area contributed by atoms with Crippen LogP contribution in [-0.2, 0) is 0 Å². The van der Waals surface area contributed by atoms with Crippen LogP contribution >= 0.6 is 11.3 Å². The van der Waals surface area contributed by atoms with Crippen LogP contribution in [0.5, 0.6) is 11.5 Å². The van der Waals surface area contributed by atoms with Crippen LogP contribution in [0.2, 0.25) is 0 Å². The maximum atomic E-state index is 6.63. The van der Waals surface area contributed by atoms with E-state index in [4.69, 9.17) is 36.0 Å². The second-order valence-electron chi connectivity index (χ2n) is 16.7. The first-order chi connectivity index (χ1) is 30.7. The van der Waals surface area contributed by atoms with E-state index < -0.39 is 0 Å². The normalized spacial score (nSPS) is 12.3. The summed E-state index contributed by atoms with van der Waals surface area (Å²) in [6.45, 7) is 8.37. The van der Waals surface area contributed by atoms with Gasteiger partial charge in [-0.25, -0.2) is 0 Å². The Morgan fingerprint density at radius 1 is 0.333 bits per heavy atom. The van der Waals surface area contributed by atoms with Crippen molar-refractivity contribution < 1.29 is 36.0 Å². The number of hydrogen-bond donors (Lipinski definition) is 0. The fourth-order valence-corrected chi connectivity index (χ4v) is 10.7. The molecule has 63 heavy (non-hydrogen) atoms. The second-order valence-corrected chi connectivity index (χ2v) is 17.7. The molecular weight excluding hydrogens is 809 g/mol. The van der Waals surface area contributed by atoms with Crippen LogP contribution in [0.15, 0.2) is 136 Å². The number of hydrogen-bond acceptors (Lipinski definition) is 9. The Morgan fingerprint density at radius 3 is 1.11 bits per heavy atom. The minimum atomic E-state index is 0.639. The second kappa shape index (κ2) is 13.0. The van der Waals surface area contributed by atoms with Gasteiger partial charge in [-0.05, 0) is 112 Å². The van der Waals surface area contributed by atoms with Crippen molar-refractivity contribution >= 4 is 97.7 Å². The number of ether oxygens (including phenoxy) is 2. The molecule has 7 heterocycles. The standard InChI is InChI=1S/C54H36O8S/c1-25-7-9-41-31(11-25)33-13-27(3)15-37(51(33)61-41)43-21-47-49(57-43)23-45(59-47)39-19-29(55-5)17-35-36-18-30(56-6)20-40(54(36)63-53(35)39)46-24-50-48(60-46)22-44(58-50)38-16-28(4)14-34-32-12-26(2)8-10-42(32)62-52(34)38/h7-24H,1-6H3. The van der Waals surface area contributed by atoms with Crippen molar-refractivity contribution in [3.05, 3.63) is 131 Å². The summed E-state index contributed by atoms with van der Waals surface area (Å²) in [7, 11) is 3.35. The maximum Gasteiger partial charge on any atom is 0.173 e. The summed E-state index contributed by atoms with van der Waals surface area (Å²) in [5.41, 5.74) is 14.0. The first-order valence-corrected chi connectivity index (χ1v) is 21.6. The predicted molar refractivity (Wildman–Crippen MR) is 252 cm³/mol. The fourth-order valence-electron chi connectivity index (χ4n) is 9.37. The summed E-state index contributed by atoms with van der Waals surface area (Å²) in [5.74, 6) is 4.10. The van der Waals surface area contributed by atoms with E-state index in [1.54, 1.807) is 25.6 Å². The number of methoxy groups -OCH3 is 2. The number of fused-ring (bicyclic) bond motifs is 11. The van der Waals surface area contributed by atoms with Crippen molar-refractivity contribution in [2.24, 2.45) is 0 Å². The topological polar surface area (TPSA) is 97.3 Å². The van der Waals surface area contributed by atoms with E-state index in [-0.39, 0.29) is 0 Å². The quantitative estimate of drug-likeness (QED) is 0.163. The molecule has 0 unspecified atom stereocenters. The van der Waals surface area contributed by atoms with Gasteiger partial charge >= 0.3 is 0 Å². The zero-order valence-electron chi connectivity index (χ0n) is 35.1. The van der Waals surface area contributed by atoms with Gasteiger partial charge in [0, 0.05) is 77.1 Å². The van der Waals surface area contributed by atoms with Crippen LogP contribution < -0.4 is 9.47 Å². The monoisotopic (exact) mass is 844 g/mol. The molecule has 6 aromatic carbocycles. The molecule has 0 aliphatic heterocycles. The molecule has 0 radical (unpaired) electrons. The first kappa shape index (κ1) is 36.1. The van der Waals surface area contributed by atoms with Gasteiger partial charge in [-0.3, -0.25) is 0 Å². The molecule has 13 rings (SSSR count). The summed E-state index contributed by atoms with van der Waals surface area (Å²) in [4.78, 5) is 0. The van der Waals surface area contributed by atoms with Gasteiger partial charge in [0.1, 0.15) is 56.9 Å². The number of benzene rings is 6. The minimum absolute atomic E-state index is 0.639. The van der Waals surface area contributed by atoms with Crippen molar-refractivity contribution in [1.82, 2.24) is 0 Å². The van der Waals surface area contributed by atoms with Crippen molar-refractivity contribution in [2.75, 3.05) is 14.2 Å². The Morgan fingerprint density at radius 2 is 0.714 bits per heavy atom. The molecular formula is C54H36O8S. The summed E-state index contributed by atoms with van der Waals surface area (Å²) in [6, 6.07) is 37.0. The molecule has 0 fully saturated rings. The lowest BCUT2D eigenvalue weighted by atomic mass is 10.0. The zero-order chi connectivity index (χ0) is 42.4. The van der Waals surface area contributed by atoms with Crippen molar-refractivity contribution in [2.45, 2.75) is 27.7 Å². The molecule has 0 aliphatic carbocycles. The molecule has 0 bridgehead atoms. The summed E-state index contributed by atoms with van der Waals surface area (Å²) < 4.78 is 53.0. The highest BCUT2D eigenvalue weighted by atomic mass is 32.1. The summed E-state index contributed by atoms with van der Waals surface area (Å²) in [6.07, 6.45) is 0. The molecule has 0 saturated heterocycles. The molecule has 9 heteroatoms. The van der Waals surface area contributed by atoms with Crippen LogP contribution in [0, 0.1) is 27.7 Å². The number of aryl methyl sites for hydroxylation is 4. The molecule has 0 spiro atoms. The predicted octanol–water partition coefficient (Wildman–Crippen LogP) is 16.5. The van der Waals surface area contributed by atoms with E-state index in [0.29, 0.717) is 56.9 Å². The molecule has 0 saturated carbocycles. The van der Waals surface area contributed by atoms with Gasteiger partial charge in [-0.15, -0.1) is 11.3 Å². The number of rotatable bonds is 6. The SMILES string of the molecule is COc1cc(-c2cc3oc(-c4cc(C)cc5c4oc4ccc(C)cc45)cc3o2)c2sc3c(-c4cc5oc(-c6cc(C)cc7c6oc6ccc(C)cc67)cc5o4)cc(OC)cc3c2c1. The number of furan rings is 6. The van der Waals surface area contributed by atoms with E-state index in [0.717, 1.165) is 97.4 Å². The Bertz CT molecular complexity index is 3730. The molecule has 0 atom stereocenters. The Labute approximate surface area is 362 Å². The van der Waals surface area contributed by atoms with Crippen LogP contribution in [0.25, 0.3) is 132 Å². The number of thiophene rings is 1. The highest BCUT2D eigenvalue weighted by Gasteiger charge is 2.25. The van der Waals surface area contributed by atoms with Gasteiger partial charge < -0.3 is 36.0 Å². The average Bonchev–Trinajstić information content (AvgIpc) is 4.14. The van der Waals surface area contributed by atoms with Gasteiger partial charge in [-0.1, -0.05) is 23.3 Å². The molecule has 0 N–H and O–H groups in total. The third kappa shape index (κ3) is 5.39. The van der Waals surface area contributed by atoms with Crippen LogP contribution in [0.4, 0.5) is 0 Å². The first-order valence-electron chi connectivity index (χ1n) is 20.7. The molecule has 0 amide bonds. The van der Waals surface area contributed by atoms with E-state index in [1.807, 2.05) is 48.5 Å². The van der Waals surface area contributed by atoms with Gasteiger partial charge in [0.05, 0.1) is 25.3 Å². The van der Waals surface area contributed by atoms with E-state index >= 15 is 0 Å². The third-order valence-electron chi connectivity index (χ3n) is 12.3. The van der Waals surface area contributed by atoms with Gasteiger partial charge in [0.15, 0.2) is 22.3 Å². The molecule has 7 aromatic heterocycles. The lowest BCUT2D eigenvalue weighted by Gasteiger charge is -2.06. The molecule has 306 valence electrons. The van der Waals surface area contributed by atoms with Crippen LogP contribution in [-0.4, -0.2) is 14.2 Å². The minimum Gasteiger partial charge on any atom is -0.497 e. The smallest absolute Gasteiger partial charge is 0.173 e. The van der Waals surface area contributed by atoms with Gasteiger partial charge in [0.25, 0.3) is 0 Å². The molecule has 8 nitrogen and oxygen atoms in total.